The van der Waals surface area contributed by atoms with E-state index < -0.39 is 10.9 Å². The summed E-state index contributed by atoms with van der Waals surface area (Å²) < 4.78 is 17.0. The Hall–Kier alpha value is -3.96. The van der Waals surface area contributed by atoms with E-state index in [1.54, 1.807) is 13.8 Å². The van der Waals surface area contributed by atoms with Gasteiger partial charge in [-0.05, 0) is 38.8 Å². The molecule has 12 nitrogen and oxygen atoms in total. The number of carbonyl (C=O) groups excluding carboxylic acids is 3. The first-order valence-electron chi connectivity index (χ1n) is 10.9. The highest BCUT2D eigenvalue weighted by Crippen LogP contribution is 2.23. The molecular formula is C22H26N4O8. The number of rotatable bonds is 9. The highest BCUT2D eigenvalue weighted by molar-refractivity contribution is 5.90. The molecule has 12 heteroatoms. The molecular weight excluding hydrogens is 448 g/mol. The van der Waals surface area contributed by atoms with Gasteiger partial charge in [-0.1, -0.05) is 0 Å². The molecule has 1 saturated heterocycles. The van der Waals surface area contributed by atoms with Gasteiger partial charge in [-0.25, -0.2) is 9.48 Å². The second-order valence-electron chi connectivity index (χ2n) is 7.50. The number of nitrogens with zero attached hydrogens (tertiary/aromatic N) is 4. The normalized spacial score (nSPS) is 15.5. The molecule has 2 aromatic rings. The lowest BCUT2D eigenvalue weighted by molar-refractivity contribution is -0.384. The number of esters is 2. The number of non-ortho nitro benzene ring substituents is 1. The van der Waals surface area contributed by atoms with Gasteiger partial charge in [-0.2, -0.15) is 5.10 Å². The smallest absolute Gasteiger partial charge is 0.362 e. The number of ether oxygens (including phenoxy) is 3. The molecule has 1 atom stereocenters. The summed E-state index contributed by atoms with van der Waals surface area (Å²) in [7, 11) is 0. The van der Waals surface area contributed by atoms with Crippen LogP contribution in [0.2, 0.25) is 0 Å². The van der Waals surface area contributed by atoms with Crippen molar-refractivity contribution >= 4 is 23.5 Å². The summed E-state index contributed by atoms with van der Waals surface area (Å²) in [5, 5.41) is 15.1. The van der Waals surface area contributed by atoms with Crippen molar-refractivity contribution in [2.24, 2.45) is 5.92 Å². The van der Waals surface area contributed by atoms with Crippen LogP contribution in [0, 0.1) is 16.0 Å². The number of hydrogen-bond donors (Lipinski definition) is 0. The highest BCUT2D eigenvalue weighted by atomic mass is 16.6. The van der Waals surface area contributed by atoms with Gasteiger partial charge in [0, 0.05) is 25.2 Å². The quantitative estimate of drug-likeness (QED) is 0.303. The summed E-state index contributed by atoms with van der Waals surface area (Å²) in [6, 6.07) is 5.55. The number of carbonyl (C=O) groups is 3. The zero-order chi connectivity index (χ0) is 24.7. The fourth-order valence-corrected chi connectivity index (χ4v) is 3.55. The lowest BCUT2D eigenvalue weighted by Gasteiger charge is -2.31. The van der Waals surface area contributed by atoms with Crippen LogP contribution in [-0.2, 0) is 19.1 Å². The molecule has 0 radical (unpaired) electrons. The fraction of sp³-hybridized carbons (Fsp3) is 0.455. The van der Waals surface area contributed by atoms with Crippen LogP contribution in [0.25, 0.3) is 5.69 Å². The SMILES string of the molecule is CCOC(=O)c1nn(-c2ccc([N+](=O)[O-])cc2)cc1OCC(=O)N1CCCC(C(=O)OCC)C1. The Morgan fingerprint density at radius 2 is 1.85 bits per heavy atom. The van der Waals surface area contributed by atoms with Gasteiger partial charge in [0.05, 0.1) is 35.9 Å². The Kier molecular flexibility index (Phi) is 8.17. The number of piperidine rings is 1. The Labute approximate surface area is 195 Å². The van der Waals surface area contributed by atoms with E-state index in [0.717, 1.165) is 0 Å². The Bertz CT molecular complexity index is 1050. The maximum absolute atomic E-state index is 12.7. The third kappa shape index (κ3) is 5.88. The van der Waals surface area contributed by atoms with Crippen LogP contribution in [0.4, 0.5) is 5.69 Å². The first kappa shape index (κ1) is 24.7. The van der Waals surface area contributed by atoms with Crippen molar-refractivity contribution in [1.29, 1.82) is 0 Å². The van der Waals surface area contributed by atoms with Crippen molar-refractivity contribution in [2.45, 2.75) is 26.7 Å². The number of nitro groups is 1. The molecule has 1 unspecified atom stereocenters. The van der Waals surface area contributed by atoms with E-state index in [4.69, 9.17) is 14.2 Å². The number of aromatic nitrogens is 2. The topological polar surface area (TPSA) is 143 Å². The summed E-state index contributed by atoms with van der Waals surface area (Å²) in [5.41, 5.74) is 0.230. The minimum absolute atomic E-state index is 0.0316. The van der Waals surface area contributed by atoms with E-state index in [9.17, 15) is 24.5 Å². The second-order valence-corrected chi connectivity index (χ2v) is 7.50. The molecule has 0 saturated carbocycles. The van der Waals surface area contributed by atoms with Crippen LogP contribution in [-0.4, -0.2) is 70.4 Å². The van der Waals surface area contributed by atoms with Crippen LogP contribution in [0.1, 0.15) is 37.2 Å². The summed E-state index contributed by atoms with van der Waals surface area (Å²) >= 11 is 0. The van der Waals surface area contributed by atoms with E-state index >= 15 is 0 Å². The fourth-order valence-electron chi connectivity index (χ4n) is 3.55. The van der Waals surface area contributed by atoms with Gasteiger partial charge in [0.1, 0.15) is 0 Å². The first-order valence-corrected chi connectivity index (χ1v) is 10.9. The van der Waals surface area contributed by atoms with Crippen molar-refractivity contribution in [3.63, 3.8) is 0 Å². The van der Waals surface area contributed by atoms with Crippen molar-refractivity contribution < 1.29 is 33.5 Å². The molecule has 1 fully saturated rings. The van der Waals surface area contributed by atoms with Gasteiger partial charge in [0.2, 0.25) is 5.69 Å². The summed E-state index contributed by atoms with van der Waals surface area (Å²) in [6.07, 6.45) is 2.72. The van der Waals surface area contributed by atoms with Crippen molar-refractivity contribution in [3.05, 3.63) is 46.3 Å². The molecule has 0 bridgehead atoms. The average molecular weight is 474 g/mol. The Balaban J connectivity index is 1.73. The van der Waals surface area contributed by atoms with Gasteiger partial charge < -0.3 is 19.1 Å². The van der Waals surface area contributed by atoms with Gasteiger partial charge in [0.15, 0.2) is 12.4 Å². The molecule has 0 aliphatic carbocycles. The van der Waals surface area contributed by atoms with E-state index in [1.807, 2.05) is 0 Å². The summed E-state index contributed by atoms with van der Waals surface area (Å²) in [4.78, 5) is 49.0. The van der Waals surface area contributed by atoms with Gasteiger partial charge >= 0.3 is 11.9 Å². The standard InChI is InChI=1S/C22H26N4O8/c1-3-32-21(28)15-6-5-11-24(12-15)19(27)14-34-18-13-25(23-20(18)22(29)33-4-2)16-7-9-17(10-8-16)26(30)31/h7-10,13,15H,3-6,11-12,14H2,1-2H3. The molecule has 1 amide bonds. The molecule has 2 heterocycles. The number of nitro benzene ring substituents is 1. The van der Waals surface area contributed by atoms with Gasteiger partial charge in [-0.3, -0.25) is 19.7 Å². The van der Waals surface area contributed by atoms with Crippen LogP contribution in [0.15, 0.2) is 30.5 Å². The largest absolute Gasteiger partial charge is 0.480 e. The minimum Gasteiger partial charge on any atom is -0.480 e. The van der Waals surface area contributed by atoms with Crippen LogP contribution >= 0.6 is 0 Å². The lowest BCUT2D eigenvalue weighted by Crippen LogP contribution is -2.44. The molecule has 0 N–H and O–H groups in total. The monoisotopic (exact) mass is 474 g/mol. The third-order valence-electron chi connectivity index (χ3n) is 5.22. The van der Waals surface area contributed by atoms with Crippen molar-refractivity contribution in [1.82, 2.24) is 14.7 Å². The number of likely N-dealkylation sites (tertiary alicyclic amines) is 1. The molecule has 1 aromatic heterocycles. The molecule has 182 valence electrons. The second kappa shape index (κ2) is 11.3. The number of benzene rings is 1. The lowest BCUT2D eigenvalue weighted by atomic mass is 9.98. The predicted molar refractivity (Wildman–Crippen MR) is 118 cm³/mol. The van der Waals surface area contributed by atoms with E-state index in [0.29, 0.717) is 25.1 Å². The Morgan fingerprint density at radius 3 is 2.50 bits per heavy atom. The number of hydrogen-bond acceptors (Lipinski definition) is 9. The van der Waals surface area contributed by atoms with Crippen LogP contribution in [0.3, 0.4) is 0 Å². The molecule has 1 aliphatic rings. The minimum atomic E-state index is -0.731. The van der Waals surface area contributed by atoms with Crippen molar-refractivity contribution in [3.8, 4) is 11.4 Å². The van der Waals surface area contributed by atoms with E-state index in [-0.39, 0.29) is 61.3 Å². The molecule has 1 aliphatic heterocycles. The highest BCUT2D eigenvalue weighted by Gasteiger charge is 2.30. The molecule has 1 aromatic carbocycles. The maximum Gasteiger partial charge on any atom is 0.362 e. The van der Waals surface area contributed by atoms with E-state index in [2.05, 4.69) is 5.10 Å². The first-order chi connectivity index (χ1) is 16.3. The average Bonchev–Trinajstić information content (AvgIpc) is 3.27. The Morgan fingerprint density at radius 1 is 1.15 bits per heavy atom. The maximum atomic E-state index is 12.7. The summed E-state index contributed by atoms with van der Waals surface area (Å²) in [5.74, 6) is -1.74. The van der Waals surface area contributed by atoms with Gasteiger partial charge in [0.25, 0.3) is 11.6 Å². The molecule has 0 spiro atoms. The molecule has 34 heavy (non-hydrogen) atoms. The molecule has 3 rings (SSSR count). The van der Waals surface area contributed by atoms with E-state index in [1.165, 1.54) is 40.0 Å². The van der Waals surface area contributed by atoms with Gasteiger partial charge in [-0.15, -0.1) is 0 Å². The van der Waals surface area contributed by atoms with Crippen LogP contribution in [0.5, 0.6) is 5.75 Å². The van der Waals surface area contributed by atoms with Crippen LogP contribution < -0.4 is 4.74 Å². The third-order valence-corrected chi connectivity index (χ3v) is 5.22. The zero-order valence-corrected chi connectivity index (χ0v) is 19.0. The zero-order valence-electron chi connectivity index (χ0n) is 19.0. The van der Waals surface area contributed by atoms with Crippen molar-refractivity contribution in [2.75, 3.05) is 32.9 Å². The number of amides is 1. The summed E-state index contributed by atoms with van der Waals surface area (Å²) in [6.45, 7) is 4.14. The predicted octanol–water partition coefficient (Wildman–Crippen LogP) is 2.14.